The van der Waals surface area contributed by atoms with Gasteiger partial charge >= 0.3 is 18.0 Å². The molecule has 2 aliphatic carbocycles. The minimum absolute atomic E-state index is 0.0148. The molecule has 1 saturated carbocycles. The molecule has 27 heavy (non-hydrogen) atoms. The molecule has 0 heterocycles. The molecule has 1 aromatic rings. The molecule has 2 aliphatic rings. The molecule has 1 nitrogen and oxygen atoms in total. The van der Waals surface area contributed by atoms with Gasteiger partial charge in [-0.05, 0) is 68.4 Å². The van der Waals surface area contributed by atoms with Crippen molar-refractivity contribution in [3.05, 3.63) is 34.9 Å². The van der Waals surface area contributed by atoms with Crippen LogP contribution in [0.5, 0.6) is 0 Å². The summed E-state index contributed by atoms with van der Waals surface area (Å²) in [5, 5.41) is 10.3. The zero-order valence-electron chi connectivity index (χ0n) is 14.9. The molecule has 0 aliphatic heterocycles. The average molecular weight is 398 g/mol. The first kappa shape index (κ1) is 20.4. The highest BCUT2D eigenvalue weighted by Gasteiger charge is 2.73. The number of rotatable bonds is 2. The number of alkyl halides is 7. The lowest BCUT2D eigenvalue weighted by molar-refractivity contribution is -0.348. The second-order valence-electron chi connectivity index (χ2n) is 8.21. The van der Waals surface area contributed by atoms with Crippen molar-refractivity contribution in [1.29, 1.82) is 0 Å². The molecule has 1 aromatic carbocycles. The van der Waals surface area contributed by atoms with Crippen LogP contribution in [0.15, 0.2) is 18.2 Å². The molecule has 0 spiro atoms. The quantitative estimate of drug-likeness (QED) is 0.624. The van der Waals surface area contributed by atoms with E-state index in [9.17, 15) is 35.8 Å². The van der Waals surface area contributed by atoms with E-state index in [0.29, 0.717) is 30.0 Å². The maximum absolute atomic E-state index is 14.3. The van der Waals surface area contributed by atoms with Crippen molar-refractivity contribution in [3.63, 3.8) is 0 Å². The van der Waals surface area contributed by atoms with Crippen LogP contribution >= 0.6 is 0 Å². The third-order valence-corrected chi connectivity index (χ3v) is 6.20. The largest absolute Gasteiger partial charge is 0.435 e. The molecule has 0 saturated heterocycles. The van der Waals surface area contributed by atoms with E-state index in [1.165, 1.54) is 6.07 Å². The number of benzene rings is 1. The van der Waals surface area contributed by atoms with E-state index in [2.05, 4.69) is 0 Å². The molecule has 1 N–H and O–H groups in total. The zero-order chi connectivity index (χ0) is 20.4. The van der Waals surface area contributed by atoms with Crippen LogP contribution in [0.25, 0.3) is 0 Å². The smallest absolute Gasteiger partial charge is 0.390 e. The molecule has 2 unspecified atom stereocenters. The van der Waals surface area contributed by atoms with E-state index >= 15 is 0 Å². The van der Waals surface area contributed by atoms with Crippen LogP contribution in [0.1, 0.15) is 55.7 Å². The lowest BCUT2D eigenvalue weighted by Crippen LogP contribution is -2.50. The first-order valence-electron chi connectivity index (χ1n) is 8.86. The SMILES string of the molecule is CC(C)(O)[C@@H]1CCC2c3ccc(C(F)(C(F)(F)F)C(F)(F)F)cc3CCC21. The van der Waals surface area contributed by atoms with Gasteiger partial charge in [-0.25, -0.2) is 4.39 Å². The molecule has 3 atom stereocenters. The molecule has 0 aromatic heterocycles. The number of fused-ring (bicyclic) bond motifs is 3. The van der Waals surface area contributed by atoms with Crippen molar-refractivity contribution in [3.8, 4) is 0 Å². The van der Waals surface area contributed by atoms with E-state index in [1.54, 1.807) is 13.8 Å². The van der Waals surface area contributed by atoms with Gasteiger partial charge in [0.1, 0.15) is 0 Å². The highest BCUT2D eigenvalue weighted by molar-refractivity contribution is 5.41. The van der Waals surface area contributed by atoms with Gasteiger partial charge in [-0.2, -0.15) is 26.3 Å². The van der Waals surface area contributed by atoms with Crippen molar-refractivity contribution < 1.29 is 35.8 Å². The van der Waals surface area contributed by atoms with Crippen LogP contribution in [0.3, 0.4) is 0 Å². The molecule has 0 amide bonds. The minimum atomic E-state index is -6.10. The van der Waals surface area contributed by atoms with Crippen molar-refractivity contribution in [2.45, 2.75) is 69.1 Å². The number of aliphatic hydroxyl groups is 1. The van der Waals surface area contributed by atoms with E-state index in [1.807, 2.05) is 0 Å². The number of hydrogen-bond acceptors (Lipinski definition) is 1. The Morgan fingerprint density at radius 2 is 1.48 bits per heavy atom. The van der Waals surface area contributed by atoms with Crippen LogP contribution < -0.4 is 0 Å². The molecular formula is C19H21F7O. The topological polar surface area (TPSA) is 20.2 Å². The van der Waals surface area contributed by atoms with Gasteiger partial charge in [0.25, 0.3) is 0 Å². The van der Waals surface area contributed by atoms with Gasteiger partial charge in [0.15, 0.2) is 0 Å². The van der Waals surface area contributed by atoms with Crippen LogP contribution in [0.4, 0.5) is 30.7 Å². The van der Waals surface area contributed by atoms with E-state index in [0.717, 1.165) is 12.5 Å². The van der Waals surface area contributed by atoms with Gasteiger partial charge in [0.05, 0.1) is 5.60 Å². The highest BCUT2D eigenvalue weighted by atomic mass is 19.4. The Labute approximate surface area is 152 Å². The second-order valence-corrected chi connectivity index (χ2v) is 8.21. The molecule has 152 valence electrons. The Kier molecular flexibility index (Phi) is 4.61. The third kappa shape index (κ3) is 3.13. The van der Waals surface area contributed by atoms with Gasteiger partial charge in [-0.3, -0.25) is 0 Å². The Bertz CT molecular complexity index is 700. The van der Waals surface area contributed by atoms with E-state index in [-0.39, 0.29) is 24.2 Å². The maximum Gasteiger partial charge on any atom is 0.435 e. The average Bonchev–Trinajstić information content (AvgIpc) is 2.95. The number of hydrogen-bond donors (Lipinski definition) is 1. The van der Waals surface area contributed by atoms with E-state index in [4.69, 9.17) is 0 Å². The van der Waals surface area contributed by atoms with Crippen LogP contribution in [-0.4, -0.2) is 23.1 Å². The molecule has 8 heteroatoms. The Morgan fingerprint density at radius 3 is 2.00 bits per heavy atom. The number of aryl methyl sites for hydroxylation is 1. The summed E-state index contributed by atoms with van der Waals surface area (Å²) in [5.41, 5.74) is -6.71. The fourth-order valence-corrected chi connectivity index (χ4v) is 4.94. The lowest BCUT2D eigenvalue weighted by Gasteiger charge is -2.37. The summed E-state index contributed by atoms with van der Waals surface area (Å²) in [4.78, 5) is 0. The van der Waals surface area contributed by atoms with E-state index < -0.39 is 29.2 Å². The van der Waals surface area contributed by atoms with Crippen LogP contribution in [0.2, 0.25) is 0 Å². The standard InChI is InChI=1S/C19H21F7O/c1-16(2,27)15-8-7-13-12-6-4-11(9-10(12)3-5-14(13)15)17(20,18(21,22)23)19(24,25)26/h4,6,9,13-15,27H,3,5,7-8H2,1-2H3/t13?,14?,15-/m1/s1. The summed E-state index contributed by atoms with van der Waals surface area (Å²) in [5.74, 6) is 0.0923. The summed E-state index contributed by atoms with van der Waals surface area (Å²) in [6, 6.07) is 2.55. The fraction of sp³-hybridized carbons (Fsp3) is 0.684. The first-order valence-corrected chi connectivity index (χ1v) is 8.86. The number of halogens is 7. The predicted octanol–water partition coefficient (Wildman–Crippen LogP) is 5.80. The second kappa shape index (κ2) is 6.09. The monoisotopic (exact) mass is 398 g/mol. The van der Waals surface area contributed by atoms with Crippen LogP contribution in [-0.2, 0) is 12.1 Å². The maximum atomic E-state index is 14.3. The Morgan fingerprint density at radius 1 is 0.889 bits per heavy atom. The van der Waals surface area contributed by atoms with Crippen molar-refractivity contribution in [2.24, 2.45) is 11.8 Å². The Balaban J connectivity index is 2.01. The normalized spacial score (nSPS) is 26.7. The van der Waals surface area contributed by atoms with Crippen LogP contribution in [0, 0.1) is 11.8 Å². The van der Waals surface area contributed by atoms with Gasteiger partial charge < -0.3 is 5.11 Å². The summed E-state index contributed by atoms with van der Waals surface area (Å²) >= 11 is 0. The first-order chi connectivity index (χ1) is 12.2. The fourth-order valence-electron chi connectivity index (χ4n) is 4.94. The lowest BCUT2D eigenvalue weighted by atomic mass is 9.70. The Hall–Kier alpha value is -1.31. The third-order valence-electron chi connectivity index (χ3n) is 6.20. The molecular weight excluding hydrogens is 377 g/mol. The van der Waals surface area contributed by atoms with Crippen molar-refractivity contribution >= 4 is 0 Å². The summed E-state index contributed by atoms with van der Waals surface area (Å²) in [6.45, 7) is 3.42. The minimum Gasteiger partial charge on any atom is -0.390 e. The van der Waals surface area contributed by atoms with Gasteiger partial charge in [0.2, 0.25) is 0 Å². The highest BCUT2D eigenvalue weighted by Crippen LogP contribution is 2.56. The molecule has 3 rings (SSSR count). The molecule has 1 fully saturated rings. The van der Waals surface area contributed by atoms with Gasteiger partial charge in [-0.1, -0.05) is 18.2 Å². The van der Waals surface area contributed by atoms with Crippen molar-refractivity contribution in [2.75, 3.05) is 0 Å². The van der Waals surface area contributed by atoms with Gasteiger partial charge in [0, 0.05) is 5.56 Å². The summed E-state index contributed by atoms with van der Waals surface area (Å²) in [6.07, 6.45) is -9.95. The summed E-state index contributed by atoms with van der Waals surface area (Å²) in [7, 11) is 0. The predicted molar refractivity (Wildman–Crippen MR) is 84.9 cm³/mol. The zero-order valence-corrected chi connectivity index (χ0v) is 14.9. The van der Waals surface area contributed by atoms with Crippen molar-refractivity contribution in [1.82, 2.24) is 0 Å². The molecule has 0 radical (unpaired) electrons. The summed E-state index contributed by atoms with van der Waals surface area (Å²) < 4.78 is 92.3. The molecule has 0 bridgehead atoms. The van der Waals surface area contributed by atoms with Gasteiger partial charge in [-0.15, -0.1) is 0 Å².